The molecule has 0 aromatic heterocycles. The van der Waals surface area contributed by atoms with Crippen LogP contribution in [-0.4, -0.2) is 53.5 Å². The monoisotopic (exact) mass is 373 g/mol. The number of urea groups is 1. The summed E-state index contributed by atoms with van der Waals surface area (Å²) < 4.78 is 0. The standard InChI is InChI=1S/C22H35N3O2/c1-16(2)18-9-8-17(3)19(14-18)15-20(26)24-10-7-11-25(13-12-24)21(27)23-22(4,5)6/h8-9,14,16H,7,10-13,15H2,1-6H3,(H,23,27). The highest BCUT2D eigenvalue weighted by Gasteiger charge is 2.24. The zero-order valence-electron chi connectivity index (χ0n) is 17.8. The lowest BCUT2D eigenvalue weighted by Gasteiger charge is -2.27. The Balaban J connectivity index is 1.98. The maximum atomic E-state index is 12.9. The van der Waals surface area contributed by atoms with Crippen LogP contribution in [0.5, 0.6) is 0 Å². The fourth-order valence-corrected chi connectivity index (χ4v) is 3.29. The fraction of sp³-hybridized carbons (Fsp3) is 0.636. The third-order valence-corrected chi connectivity index (χ3v) is 5.00. The van der Waals surface area contributed by atoms with Gasteiger partial charge in [-0.15, -0.1) is 0 Å². The highest BCUT2D eigenvalue weighted by molar-refractivity contribution is 5.79. The SMILES string of the molecule is Cc1ccc(C(C)C)cc1CC(=O)N1CCCN(C(=O)NC(C)(C)C)CC1. The summed E-state index contributed by atoms with van der Waals surface area (Å²) in [5, 5.41) is 3.01. The van der Waals surface area contributed by atoms with E-state index in [2.05, 4.69) is 44.3 Å². The van der Waals surface area contributed by atoms with Crippen molar-refractivity contribution in [2.24, 2.45) is 0 Å². The quantitative estimate of drug-likeness (QED) is 0.878. The van der Waals surface area contributed by atoms with E-state index < -0.39 is 0 Å². The highest BCUT2D eigenvalue weighted by Crippen LogP contribution is 2.20. The lowest BCUT2D eigenvalue weighted by Crippen LogP contribution is -2.49. The van der Waals surface area contributed by atoms with Gasteiger partial charge in [0.1, 0.15) is 0 Å². The molecule has 0 unspecified atom stereocenters. The molecule has 1 aliphatic rings. The predicted octanol–water partition coefficient (Wildman–Crippen LogP) is 3.70. The van der Waals surface area contributed by atoms with Gasteiger partial charge in [-0.2, -0.15) is 0 Å². The smallest absolute Gasteiger partial charge is 0.317 e. The number of benzene rings is 1. The van der Waals surface area contributed by atoms with E-state index in [9.17, 15) is 9.59 Å². The maximum Gasteiger partial charge on any atom is 0.317 e. The summed E-state index contributed by atoms with van der Waals surface area (Å²) in [6.45, 7) is 14.9. The lowest BCUT2D eigenvalue weighted by atomic mass is 9.96. The van der Waals surface area contributed by atoms with Crippen LogP contribution in [0.15, 0.2) is 18.2 Å². The molecule has 0 spiro atoms. The molecule has 5 nitrogen and oxygen atoms in total. The van der Waals surface area contributed by atoms with E-state index in [-0.39, 0.29) is 17.5 Å². The number of aryl methyl sites for hydroxylation is 1. The molecular formula is C22H35N3O2. The van der Waals surface area contributed by atoms with Crippen molar-refractivity contribution in [1.29, 1.82) is 0 Å². The lowest BCUT2D eigenvalue weighted by molar-refractivity contribution is -0.130. The molecule has 1 aromatic carbocycles. The van der Waals surface area contributed by atoms with Crippen molar-refractivity contribution in [3.05, 3.63) is 34.9 Å². The van der Waals surface area contributed by atoms with Gasteiger partial charge in [0.15, 0.2) is 0 Å². The highest BCUT2D eigenvalue weighted by atomic mass is 16.2. The number of amides is 3. The van der Waals surface area contributed by atoms with E-state index in [4.69, 9.17) is 0 Å². The van der Waals surface area contributed by atoms with Gasteiger partial charge in [0, 0.05) is 31.7 Å². The van der Waals surface area contributed by atoms with Gasteiger partial charge in [-0.05, 0) is 56.7 Å². The largest absolute Gasteiger partial charge is 0.341 e. The van der Waals surface area contributed by atoms with E-state index in [1.807, 2.05) is 30.6 Å². The second kappa shape index (κ2) is 8.77. The predicted molar refractivity (Wildman–Crippen MR) is 110 cm³/mol. The summed E-state index contributed by atoms with van der Waals surface area (Å²) in [5.74, 6) is 0.601. The third kappa shape index (κ3) is 6.26. The number of hydrogen-bond acceptors (Lipinski definition) is 2. The minimum atomic E-state index is -0.252. The topological polar surface area (TPSA) is 52.7 Å². The molecule has 1 fully saturated rings. The van der Waals surface area contributed by atoms with Crippen LogP contribution < -0.4 is 5.32 Å². The fourth-order valence-electron chi connectivity index (χ4n) is 3.29. The first-order valence-electron chi connectivity index (χ1n) is 10.0. The van der Waals surface area contributed by atoms with Crippen LogP contribution in [0.4, 0.5) is 4.79 Å². The van der Waals surface area contributed by atoms with Crippen LogP contribution in [0.1, 0.15) is 63.6 Å². The number of carbonyl (C=O) groups is 2. The molecule has 27 heavy (non-hydrogen) atoms. The second-order valence-electron chi connectivity index (χ2n) is 8.92. The molecule has 1 saturated heterocycles. The maximum absolute atomic E-state index is 12.9. The molecule has 0 bridgehead atoms. The molecule has 2 rings (SSSR count). The van der Waals surface area contributed by atoms with Gasteiger partial charge in [-0.3, -0.25) is 4.79 Å². The van der Waals surface area contributed by atoms with Crippen LogP contribution in [0, 0.1) is 6.92 Å². The molecule has 0 atom stereocenters. The van der Waals surface area contributed by atoms with Crippen molar-refractivity contribution in [1.82, 2.24) is 15.1 Å². The van der Waals surface area contributed by atoms with Crippen molar-refractivity contribution >= 4 is 11.9 Å². The molecule has 1 aromatic rings. The number of rotatable bonds is 3. The van der Waals surface area contributed by atoms with Crippen LogP contribution in [0.2, 0.25) is 0 Å². The molecule has 1 heterocycles. The van der Waals surface area contributed by atoms with Gasteiger partial charge in [-0.1, -0.05) is 32.0 Å². The van der Waals surface area contributed by atoms with Gasteiger partial charge in [0.2, 0.25) is 5.91 Å². The number of nitrogens with zero attached hydrogens (tertiary/aromatic N) is 2. The van der Waals surface area contributed by atoms with Crippen molar-refractivity contribution in [3.63, 3.8) is 0 Å². The van der Waals surface area contributed by atoms with Crippen molar-refractivity contribution in [3.8, 4) is 0 Å². The third-order valence-electron chi connectivity index (χ3n) is 5.00. The molecular weight excluding hydrogens is 338 g/mol. The summed E-state index contributed by atoms with van der Waals surface area (Å²) in [6, 6.07) is 6.38. The van der Waals surface area contributed by atoms with Crippen LogP contribution in [0.25, 0.3) is 0 Å². The molecule has 0 saturated carbocycles. The first-order chi connectivity index (χ1) is 12.6. The van der Waals surface area contributed by atoms with Gasteiger partial charge >= 0.3 is 6.03 Å². The van der Waals surface area contributed by atoms with Crippen molar-refractivity contribution in [2.45, 2.75) is 65.8 Å². The summed E-state index contributed by atoms with van der Waals surface area (Å²) in [7, 11) is 0. The Morgan fingerprint density at radius 2 is 1.70 bits per heavy atom. The van der Waals surface area contributed by atoms with Crippen LogP contribution in [0.3, 0.4) is 0 Å². The van der Waals surface area contributed by atoms with E-state index in [0.29, 0.717) is 38.5 Å². The van der Waals surface area contributed by atoms with E-state index in [1.54, 1.807) is 0 Å². The van der Waals surface area contributed by atoms with Gasteiger partial charge in [0.05, 0.1) is 6.42 Å². The first kappa shape index (κ1) is 21.3. The normalized spacial score (nSPS) is 15.7. The zero-order chi connectivity index (χ0) is 20.2. The Morgan fingerprint density at radius 3 is 2.33 bits per heavy atom. The Labute approximate surface area is 164 Å². The van der Waals surface area contributed by atoms with Gasteiger partial charge in [0.25, 0.3) is 0 Å². The summed E-state index contributed by atoms with van der Waals surface area (Å²) in [4.78, 5) is 29.0. The molecule has 1 aliphatic heterocycles. The molecule has 0 radical (unpaired) electrons. The van der Waals surface area contributed by atoms with Crippen LogP contribution in [-0.2, 0) is 11.2 Å². The molecule has 5 heteroatoms. The Morgan fingerprint density at radius 1 is 1.07 bits per heavy atom. The van der Waals surface area contributed by atoms with Crippen LogP contribution >= 0.6 is 0 Å². The van der Waals surface area contributed by atoms with Crippen molar-refractivity contribution < 1.29 is 9.59 Å². The minimum Gasteiger partial charge on any atom is -0.341 e. The Bertz CT molecular complexity index is 677. The molecule has 3 amide bonds. The summed E-state index contributed by atoms with van der Waals surface area (Å²) in [6.07, 6.45) is 1.24. The summed E-state index contributed by atoms with van der Waals surface area (Å²) >= 11 is 0. The average molecular weight is 374 g/mol. The average Bonchev–Trinajstić information content (AvgIpc) is 2.81. The van der Waals surface area contributed by atoms with E-state index >= 15 is 0 Å². The zero-order valence-corrected chi connectivity index (χ0v) is 17.8. The molecule has 1 N–H and O–H groups in total. The van der Waals surface area contributed by atoms with E-state index in [0.717, 1.165) is 17.5 Å². The number of nitrogens with one attached hydrogen (secondary N) is 1. The first-order valence-corrected chi connectivity index (χ1v) is 10.0. The van der Waals surface area contributed by atoms with Gasteiger partial charge < -0.3 is 15.1 Å². The van der Waals surface area contributed by atoms with E-state index in [1.165, 1.54) is 5.56 Å². The Hall–Kier alpha value is -2.04. The number of carbonyl (C=O) groups excluding carboxylic acids is 2. The van der Waals surface area contributed by atoms with Crippen molar-refractivity contribution in [2.75, 3.05) is 26.2 Å². The minimum absolute atomic E-state index is 0.0442. The Kier molecular flexibility index (Phi) is 6.90. The number of hydrogen-bond donors (Lipinski definition) is 1. The van der Waals surface area contributed by atoms with Gasteiger partial charge in [-0.25, -0.2) is 4.79 Å². The summed E-state index contributed by atoms with van der Waals surface area (Å²) in [5.41, 5.74) is 3.29. The molecule has 150 valence electrons. The molecule has 0 aliphatic carbocycles. The second-order valence-corrected chi connectivity index (χ2v) is 8.92.